The lowest BCUT2D eigenvalue weighted by Gasteiger charge is -2.33. The van der Waals surface area contributed by atoms with Crippen LogP contribution in [0, 0.1) is 5.41 Å². The van der Waals surface area contributed by atoms with E-state index in [1.165, 1.54) is 0 Å². The fourth-order valence-electron chi connectivity index (χ4n) is 1.03. The molecule has 0 aromatic carbocycles. The van der Waals surface area contributed by atoms with Crippen molar-refractivity contribution in [1.82, 2.24) is 0 Å². The molecule has 0 aromatic rings. The van der Waals surface area contributed by atoms with E-state index in [1.54, 1.807) is 13.8 Å². The Kier molecular flexibility index (Phi) is 2.80. The summed E-state index contributed by atoms with van der Waals surface area (Å²) in [5, 5.41) is -0.208. The van der Waals surface area contributed by atoms with Crippen LogP contribution in [-0.4, -0.2) is 10.9 Å². The van der Waals surface area contributed by atoms with E-state index in [9.17, 15) is 4.39 Å². The summed E-state index contributed by atoms with van der Waals surface area (Å²) in [6.45, 7) is 9.11. The third-order valence-corrected chi connectivity index (χ3v) is 2.86. The van der Waals surface area contributed by atoms with Gasteiger partial charge < -0.3 is 0 Å². The van der Waals surface area contributed by atoms with Crippen molar-refractivity contribution in [3.05, 3.63) is 0 Å². The summed E-state index contributed by atoms with van der Waals surface area (Å²) in [5.74, 6) is 0. The van der Waals surface area contributed by atoms with Crippen molar-refractivity contribution < 1.29 is 4.39 Å². The maximum absolute atomic E-state index is 13.2. The van der Waals surface area contributed by atoms with Gasteiger partial charge in [0.05, 0.1) is 0 Å². The van der Waals surface area contributed by atoms with Gasteiger partial charge in [-0.25, -0.2) is 4.39 Å². The summed E-state index contributed by atoms with van der Waals surface area (Å²) in [4.78, 5) is 0. The van der Waals surface area contributed by atoms with Gasteiger partial charge in [-0.05, 0) is 19.3 Å². The summed E-state index contributed by atoms with van der Waals surface area (Å²) in [7, 11) is 0. The Morgan fingerprint density at radius 3 is 1.40 bits per heavy atom. The topological polar surface area (TPSA) is 0 Å². The van der Waals surface area contributed by atoms with Crippen molar-refractivity contribution in [2.24, 2.45) is 5.41 Å². The molecule has 0 radical (unpaired) electrons. The minimum atomic E-state index is -1.19. The molecular weight excluding hydrogens is 147 g/mol. The zero-order chi connectivity index (χ0) is 8.58. The molecule has 0 nitrogen and oxygen atoms in total. The van der Waals surface area contributed by atoms with Crippen LogP contribution >= 0.6 is 12.6 Å². The predicted molar refractivity (Wildman–Crippen MR) is 47.4 cm³/mol. The van der Waals surface area contributed by atoms with Crippen LogP contribution < -0.4 is 0 Å². The number of hydrogen-bond donors (Lipinski definition) is 1. The fraction of sp³-hybridized carbons (Fsp3) is 1.00. The smallest absolute Gasteiger partial charge is 0.117 e. The average Bonchev–Trinajstić information content (AvgIpc) is 1.59. The first-order valence-corrected chi connectivity index (χ1v) is 4.04. The third kappa shape index (κ3) is 2.91. The minimum Gasteiger partial charge on any atom is -0.243 e. The lowest BCUT2D eigenvalue weighted by molar-refractivity contribution is 0.152. The molecule has 0 heterocycles. The molecule has 1 atom stereocenters. The molecule has 2 heteroatoms. The zero-order valence-corrected chi connectivity index (χ0v) is 8.30. The standard InChI is InChI=1S/C8H17FS/c1-7(2,3)6(10)8(4,5)9/h6,10H,1-5H3/t6-/m1/s1. The highest BCUT2D eigenvalue weighted by molar-refractivity contribution is 7.81. The highest BCUT2D eigenvalue weighted by Crippen LogP contribution is 2.34. The lowest BCUT2D eigenvalue weighted by Crippen LogP contribution is -2.37. The van der Waals surface area contributed by atoms with Crippen molar-refractivity contribution in [2.45, 2.75) is 45.5 Å². The van der Waals surface area contributed by atoms with Crippen molar-refractivity contribution in [2.75, 3.05) is 0 Å². The van der Waals surface area contributed by atoms with E-state index >= 15 is 0 Å². The Hall–Kier alpha value is 0.280. The molecule has 0 fully saturated rings. The first-order chi connectivity index (χ1) is 4.15. The van der Waals surface area contributed by atoms with Gasteiger partial charge in [0.1, 0.15) is 5.67 Å². The van der Waals surface area contributed by atoms with Crippen LogP contribution in [0.15, 0.2) is 0 Å². The SMILES string of the molecule is CC(C)(C)[C@@H](S)C(C)(C)F. The molecule has 62 valence electrons. The summed E-state index contributed by atoms with van der Waals surface area (Å²) in [6, 6.07) is 0. The summed E-state index contributed by atoms with van der Waals surface area (Å²) in [6.07, 6.45) is 0. The number of hydrogen-bond acceptors (Lipinski definition) is 1. The van der Waals surface area contributed by atoms with E-state index < -0.39 is 5.67 Å². The van der Waals surface area contributed by atoms with Crippen LogP contribution in [0.3, 0.4) is 0 Å². The van der Waals surface area contributed by atoms with Gasteiger partial charge in [0.15, 0.2) is 0 Å². The number of rotatable bonds is 1. The Balaban J connectivity index is 4.23. The highest BCUT2D eigenvalue weighted by Gasteiger charge is 2.35. The summed E-state index contributed by atoms with van der Waals surface area (Å²) >= 11 is 4.22. The molecule has 0 amide bonds. The van der Waals surface area contributed by atoms with E-state index in [4.69, 9.17) is 0 Å². The fourth-order valence-corrected chi connectivity index (χ4v) is 1.03. The van der Waals surface area contributed by atoms with Crippen molar-refractivity contribution in [1.29, 1.82) is 0 Å². The predicted octanol–water partition coefficient (Wildman–Crippen LogP) is 3.08. The second-order valence-corrected chi connectivity index (χ2v) is 4.85. The zero-order valence-electron chi connectivity index (χ0n) is 7.40. The van der Waals surface area contributed by atoms with Gasteiger partial charge >= 0.3 is 0 Å². The Bertz CT molecular complexity index is 93.4. The monoisotopic (exact) mass is 164 g/mol. The molecule has 0 bridgehead atoms. The molecule has 0 rings (SSSR count). The van der Waals surface area contributed by atoms with Crippen LogP contribution in [0.4, 0.5) is 4.39 Å². The maximum atomic E-state index is 13.2. The van der Waals surface area contributed by atoms with Crippen LogP contribution in [0.5, 0.6) is 0 Å². The second kappa shape index (κ2) is 2.72. The summed E-state index contributed by atoms with van der Waals surface area (Å²) < 4.78 is 13.2. The molecule has 10 heavy (non-hydrogen) atoms. The molecule has 0 aliphatic rings. The van der Waals surface area contributed by atoms with Gasteiger partial charge in [0.25, 0.3) is 0 Å². The van der Waals surface area contributed by atoms with Gasteiger partial charge in [-0.15, -0.1) is 0 Å². The van der Waals surface area contributed by atoms with Gasteiger partial charge in [0, 0.05) is 5.25 Å². The highest BCUT2D eigenvalue weighted by atomic mass is 32.1. The Morgan fingerprint density at radius 1 is 1.10 bits per heavy atom. The molecule has 0 aromatic heterocycles. The molecule has 0 aliphatic heterocycles. The Labute approximate surface area is 68.6 Å². The average molecular weight is 164 g/mol. The van der Waals surface area contributed by atoms with Gasteiger partial charge in [-0.3, -0.25) is 0 Å². The summed E-state index contributed by atoms with van der Waals surface area (Å²) in [5.41, 5.74) is -1.26. The van der Waals surface area contributed by atoms with Gasteiger partial charge in [0.2, 0.25) is 0 Å². The minimum absolute atomic E-state index is 0.0681. The van der Waals surface area contributed by atoms with E-state index in [0.29, 0.717) is 0 Å². The molecule has 0 aliphatic carbocycles. The molecular formula is C8H17FS. The number of halogens is 1. The lowest BCUT2D eigenvalue weighted by atomic mass is 9.84. The Morgan fingerprint density at radius 2 is 1.40 bits per heavy atom. The quantitative estimate of drug-likeness (QED) is 0.566. The van der Waals surface area contributed by atoms with Crippen LogP contribution in [0.25, 0.3) is 0 Å². The largest absolute Gasteiger partial charge is 0.243 e. The van der Waals surface area contributed by atoms with E-state index in [1.807, 2.05) is 20.8 Å². The van der Waals surface area contributed by atoms with E-state index in [-0.39, 0.29) is 10.7 Å². The first kappa shape index (κ1) is 10.3. The van der Waals surface area contributed by atoms with Crippen LogP contribution in [-0.2, 0) is 0 Å². The normalized spacial score (nSPS) is 17.1. The molecule has 0 saturated carbocycles. The van der Waals surface area contributed by atoms with Crippen molar-refractivity contribution in [3.63, 3.8) is 0 Å². The first-order valence-electron chi connectivity index (χ1n) is 3.52. The van der Waals surface area contributed by atoms with Gasteiger partial charge in [-0.2, -0.15) is 12.6 Å². The van der Waals surface area contributed by atoms with Crippen molar-refractivity contribution >= 4 is 12.6 Å². The molecule has 0 spiro atoms. The second-order valence-electron chi connectivity index (χ2n) is 4.33. The van der Waals surface area contributed by atoms with E-state index in [0.717, 1.165) is 0 Å². The van der Waals surface area contributed by atoms with Crippen molar-refractivity contribution in [3.8, 4) is 0 Å². The molecule has 0 unspecified atom stereocenters. The molecule has 0 N–H and O–H groups in total. The number of alkyl halides is 1. The van der Waals surface area contributed by atoms with Crippen LogP contribution in [0.1, 0.15) is 34.6 Å². The van der Waals surface area contributed by atoms with Crippen LogP contribution in [0.2, 0.25) is 0 Å². The molecule has 0 saturated heterocycles. The number of thiol groups is 1. The van der Waals surface area contributed by atoms with E-state index in [2.05, 4.69) is 12.6 Å². The third-order valence-electron chi connectivity index (χ3n) is 1.47. The maximum Gasteiger partial charge on any atom is 0.117 e. The van der Waals surface area contributed by atoms with Gasteiger partial charge in [-0.1, -0.05) is 20.8 Å².